The van der Waals surface area contributed by atoms with Crippen LogP contribution in [0.5, 0.6) is 0 Å². The van der Waals surface area contributed by atoms with Gasteiger partial charge < -0.3 is 9.64 Å². The molecule has 2 rings (SSSR count). The summed E-state index contributed by atoms with van der Waals surface area (Å²) >= 11 is 0. The first-order valence-electron chi connectivity index (χ1n) is 7.08. The van der Waals surface area contributed by atoms with Crippen molar-refractivity contribution in [1.82, 2.24) is 4.90 Å². The van der Waals surface area contributed by atoms with Crippen LogP contribution in [-0.4, -0.2) is 36.6 Å². The van der Waals surface area contributed by atoms with Crippen molar-refractivity contribution in [2.24, 2.45) is 11.8 Å². The molecule has 2 aliphatic rings. The van der Waals surface area contributed by atoms with E-state index < -0.39 is 0 Å². The van der Waals surface area contributed by atoms with Gasteiger partial charge in [0.15, 0.2) is 0 Å². The van der Waals surface area contributed by atoms with E-state index in [2.05, 4.69) is 18.7 Å². The van der Waals surface area contributed by atoms with Gasteiger partial charge in [0.05, 0.1) is 19.3 Å². The number of hydrogen-bond acceptors (Lipinski definition) is 2. The van der Waals surface area contributed by atoms with Crippen LogP contribution in [-0.2, 0) is 9.53 Å². The van der Waals surface area contributed by atoms with Gasteiger partial charge in [0.25, 0.3) is 0 Å². The second-order valence-corrected chi connectivity index (χ2v) is 5.75. The van der Waals surface area contributed by atoms with Crippen LogP contribution in [0.3, 0.4) is 0 Å². The van der Waals surface area contributed by atoms with E-state index in [-0.39, 0.29) is 6.04 Å². The number of morpholine rings is 1. The quantitative estimate of drug-likeness (QED) is 0.741. The van der Waals surface area contributed by atoms with Crippen LogP contribution in [0, 0.1) is 11.8 Å². The Hall–Kier alpha value is -0.570. The lowest BCUT2D eigenvalue weighted by molar-refractivity contribution is -0.147. The van der Waals surface area contributed by atoms with Gasteiger partial charge in [-0.15, -0.1) is 0 Å². The predicted octanol–water partition coefficient (Wildman–Crippen LogP) is 2.45. The molecule has 1 saturated carbocycles. The highest BCUT2D eigenvalue weighted by Crippen LogP contribution is 2.27. The molecule has 0 aromatic rings. The first-order valence-corrected chi connectivity index (χ1v) is 7.08. The summed E-state index contributed by atoms with van der Waals surface area (Å²) < 4.78 is 5.52. The lowest BCUT2D eigenvalue weighted by Gasteiger charge is -2.40. The molecule has 1 amide bonds. The van der Waals surface area contributed by atoms with Gasteiger partial charge in [-0.1, -0.05) is 33.1 Å². The summed E-state index contributed by atoms with van der Waals surface area (Å²) in [6.45, 7) is 6.58. The Morgan fingerprint density at radius 1 is 1.24 bits per heavy atom. The van der Waals surface area contributed by atoms with Gasteiger partial charge in [-0.25, -0.2) is 0 Å². The van der Waals surface area contributed by atoms with Crippen LogP contribution in [0.15, 0.2) is 0 Å². The minimum Gasteiger partial charge on any atom is -0.377 e. The molecule has 2 fully saturated rings. The van der Waals surface area contributed by atoms with Crippen LogP contribution in [0.25, 0.3) is 0 Å². The zero-order valence-electron chi connectivity index (χ0n) is 11.2. The SMILES string of the molecule is CC(C)C1COCCN1C(=O)C1CCCCC1. The summed E-state index contributed by atoms with van der Waals surface area (Å²) in [7, 11) is 0. The average Bonchev–Trinajstić information content (AvgIpc) is 2.39. The first-order chi connectivity index (χ1) is 8.20. The second-order valence-electron chi connectivity index (χ2n) is 5.75. The molecule has 0 spiro atoms. The van der Waals surface area contributed by atoms with Crippen molar-refractivity contribution in [2.45, 2.75) is 52.0 Å². The maximum absolute atomic E-state index is 12.5. The third kappa shape index (κ3) is 3.01. The Morgan fingerprint density at radius 2 is 1.94 bits per heavy atom. The maximum Gasteiger partial charge on any atom is 0.226 e. The second kappa shape index (κ2) is 5.85. The molecule has 0 radical (unpaired) electrons. The third-order valence-electron chi connectivity index (χ3n) is 4.17. The van der Waals surface area contributed by atoms with Crippen LogP contribution < -0.4 is 0 Å². The number of ether oxygens (including phenoxy) is 1. The zero-order chi connectivity index (χ0) is 12.3. The molecule has 3 heteroatoms. The molecule has 0 N–H and O–H groups in total. The fourth-order valence-electron chi connectivity index (χ4n) is 3.03. The molecule has 1 aliphatic carbocycles. The molecule has 1 aliphatic heterocycles. The van der Waals surface area contributed by atoms with E-state index in [1.54, 1.807) is 0 Å². The molecular formula is C14H25NO2. The van der Waals surface area contributed by atoms with E-state index >= 15 is 0 Å². The van der Waals surface area contributed by atoms with Crippen molar-refractivity contribution in [3.63, 3.8) is 0 Å². The summed E-state index contributed by atoms with van der Waals surface area (Å²) in [6, 6.07) is 0.290. The van der Waals surface area contributed by atoms with Crippen molar-refractivity contribution in [3.8, 4) is 0 Å². The van der Waals surface area contributed by atoms with Crippen LogP contribution in [0.1, 0.15) is 46.0 Å². The first kappa shape index (κ1) is 12.9. The topological polar surface area (TPSA) is 29.5 Å². The van der Waals surface area contributed by atoms with Crippen molar-refractivity contribution in [3.05, 3.63) is 0 Å². The average molecular weight is 239 g/mol. The lowest BCUT2D eigenvalue weighted by Crippen LogP contribution is -2.53. The fraction of sp³-hybridized carbons (Fsp3) is 0.929. The van der Waals surface area contributed by atoms with Gasteiger partial charge in [-0.2, -0.15) is 0 Å². The Bertz CT molecular complexity index is 259. The summed E-state index contributed by atoms with van der Waals surface area (Å²) in [5.41, 5.74) is 0. The Kier molecular flexibility index (Phi) is 4.43. The Balaban J connectivity index is 1.99. The van der Waals surface area contributed by atoms with E-state index in [0.717, 1.165) is 26.0 Å². The number of nitrogens with zero attached hydrogens (tertiary/aromatic N) is 1. The number of hydrogen-bond donors (Lipinski definition) is 0. The largest absolute Gasteiger partial charge is 0.377 e. The van der Waals surface area contributed by atoms with Crippen molar-refractivity contribution in [1.29, 1.82) is 0 Å². The molecule has 3 nitrogen and oxygen atoms in total. The Morgan fingerprint density at radius 3 is 2.59 bits per heavy atom. The summed E-state index contributed by atoms with van der Waals surface area (Å²) in [5, 5.41) is 0. The molecule has 98 valence electrons. The molecule has 1 atom stereocenters. The number of carbonyl (C=O) groups excluding carboxylic acids is 1. The van der Waals surface area contributed by atoms with Gasteiger partial charge >= 0.3 is 0 Å². The highest BCUT2D eigenvalue weighted by atomic mass is 16.5. The minimum atomic E-state index is 0.290. The van der Waals surface area contributed by atoms with Gasteiger partial charge in [0.1, 0.15) is 0 Å². The molecule has 0 bridgehead atoms. The van der Waals surface area contributed by atoms with E-state index in [1.165, 1.54) is 19.3 Å². The molecule has 0 aromatic carbocycles. The van der Waals surface area contributed by atoms with Gasteiger partial charge in [0, 0.05) is 12.5 Å². The number of amides is 1. The molecule has 1 unspecified atom stereocenters. The molecular weight excluding hydrogens is 214 g/mol. The zero-order valence-corrected chi connectivity index (χ0v) is 11.2. The van der Waals surface area contributed by atoms with Crippen LogP contribution >= 0.6 is 0 Å². The summed E-state index contributed by atoms with van der Waals surface area (Å²) in [4.78, 5) is 14.6. The minimum absolute atomic E-state index is 0.290. The highest BCUT2D eigenvalue weighted by Gasteiger charge is 2.33. The highest BCUT2D eigenvalue weighted by molar-refractivity contribution is 5.79. The van der Waals surface area contributed by atoms with Gasteiger partial charge in [-0.05, 0) is 18.8 Å². The van der Waals surface area contributed by atoms with Gasteiger partial charge in [-0.3, -0.25) is 4.79 Å². The lowest BCUT2D eigenvalue weighted by atomic mass is 9.87. The number of rotatable bonds is 2. The summed E-state index contributed by atoms with van der Waals surface area (Å²) in [5.74, 6) is 1.18. The van der Waals surface area contributed by atoms with Gasteiger partial charge in [0.2, 0.25) is 5.91 Å². The standard InChI is InChI=1S/C14H25NO2/c1-11(2)13-10-17-9-8-15(13)14(16)12-6-4-3-5-7-12/h11-13H,3-10H2,1-2H3. The Labute approximate surface area is 105 Å². The van der Waals surface area contributed by atoms with Crippen LogP contribution in [0.4, 0.5) is 0 Å². The summed E-state index contributed by atoms with van der Waals surface area (Å²) in [6.07, 6.45) is 5.96. The fourth-order valence-corrected chi connectivity index (χ4v) is 3.03. The maximum atomic E-state index is 12.5. The van der Waals surface area contributed by atoms with E-state index in [4.69, 9.17) is 4.74 Å². The van der Waals surface area contributed by atoms with Crippen molar-refractivity contribution in [2.75, 3.05) is 19.8 Å². The normalized spacial score (nSPS) is 27.5. The molecule has 17 heavy (non-hydrogen) atoms. The van der Waals surface area contributed by atoms with E-state index in [1.807, 2.05) is 0 Å². The van der Waals surface area contributed by atoms with Crippen molar-refractivity contribution < 1.29 is 9.53 Å². The molecule has 1 heterocycles. The smallest absolute Gasteiger partial charge is 0.226 e. The van der Waals surface area contributed by atoms with Crippen molar-refractivity contribution >= 4 is 5.91 Å². The van der Waals surface area contributed by atoms with Crippen LogP contribution in [0.2, 0.25) is 0 Å². The third-order valence-corrected chi connectivity index (χ3v) is 4.17. The van der Waals surface area contributed by atoms with E-state index in [0.29, 0.717) is 24.3 Å². The monoisotopic (exact) mass is 239 g/mol. The molecule has 1 saturated heterocycles. The predicted molar refractivity (Wildman–Crippen MR) is 67.7 cm³/mol. The number of carbonyl (C=O) groups is 1. The van der Waals surface area contributed by atoms with E-state index in [9.17, 15) is 4.79 Å². The molecule has 0 aromatic heterocycles.